The molecule has 0 spiro atoms. The van der Waals surface area contributed by atoms with Crippen LogP contribution >= 0.6 is 0 Å². The molecule has 1 saturated carbocycles. The lowest BCUT2D eigenvalue weighted by atomic mass is 10.2. The lowest BCUT2D eigenvalue weighted by Crippen LogP contribution is -2.35. The topological polar surface area (TPSA) is 84.2 Å². The largest absolute Gasteiger partial charge is 0.478 e. The van der Waals surface area contributed by atoms with Gasteiger partial charge < -0.3 is 10.4 Å². The molecule has 104 valence electrons. The van der Waals surface area contributed by atoms with Crippen molar-refractivity contribution in [3.8, 4) is 0 Å². The Labute approximate surface area is 111 Å². The number of nitrogens with zero attached hydrogens (tertiary/aromatic N) is 2. The van der Waals surface area contributed by atoms with E-state index in [9.17, 15) is 9.59 Å². The minimum absolute atomic E-state index is 0.0378. The number of nitrogens with one attached hydrogen (secondary N) is 1. The van der Waals surface area contributed by atoms with E-state index in [0.717, 1.165) is 25.7 Å². The third kappa shape index (κ3) is 2.77. The molecule has 0 aromatic carbocycles. The van der Waals surface area contributed by atoms with Gasteiger partial charge in [0, 0.05) is 12.1 Å². The van der Waals surface area contributed by atoms with Crippen LogP contribution in [0.2, 0.25) is 0 Å². The van der Waals surface area contributed by atoms with E-state index in [1.165, 1.54) is 10.9 Å². The molecule has 2 rings (SSSR count). The first-order valence-corrected chi connectivity index (χ1v) is 6.62. The van der Waals surface area contributed by atoms with Crippen LogP contribution in [0.5, 0.6) is 0 Å². The molecule has 1 aliphatic rings. The Bertz CT molecular complexity index is 487. The molecule has 1 aromatic heterocycles. The quantitative estimate of drug-likeness (QED) is 0.870. The molecule has 6 nitrogen and oxygen atoms in total. The van der Waals surface area contributed by atoms with Crippen molar-refractivity contribution in [1.29, 1.82) is 0 Å². The van der Waals surface area contributed by atoms with Crippen molar-refractivity contribution in [1.82, 2.24) is 15.1 Å². The molecule has 1 aliphatic carbocycles. The first-order chi connectivity index (χ1) is 9.00. The molecule has 6 heteroatoms. The summed E-state index contributed by atoms with van der Waals surface area (Å²) in [6.07, 6.45) is 5.39. The van der Waals surface area contributed by atoms with E-state index in [2.05, 4.69) is 10.4 Å². The molecule has 0 atom stereocenters. The van der Waals surface area contributed by atoms with Gasteiger partial charge in [-0.2, -0.15) is 5.10 Å². The molecule has 0 saturated heterocycles. The number of carboxylic acid groups (broad SMARTS) is 1. The highest BCUT2D eigenvalue weighted by Gasteiger charge is 2.26. The smallest absolute Gasteiger partial charge is 0.339 e. The zero-order valence-corrected chi connectivity index (χ0v) is 11.2. The van der Waals surface area contributed by atoms with Crippen molar-refractivity contribution in [2.75, 3.05) is 0 Å². The summed E-state index contributed by atoms with van der Waals surface area (Å²) in [4.78, 5) is 23.4. The van der Waals surface area contributed by atoms with E-state index in [4.69, 9.17) is 5.11 Å². The highest BCUT2D eigenvalue weighted by Crippen LogP contribution is 2.20. The summed E-state index contributed by atoms with van der Waals surface area (Å²) in [5.41, 5.74) is 0.110. The minimum atomic E-state index is -1.12. The van der Waals surface area contributed by atoms with Gasteiger partial charge in [-0.05, 0) is 26.7 Å². The summed E-state index contributed by atoms with van der Waals surface area (Å²) in [6, 6.07) is 0.0992. The van der Waals surface area contributed by atoms with Gasteiger partial charge in [0.2, 0.25) is 0 Å². The predicted molar refractivity (Wildman–Crippen MR) is 69.3 cm³/mol. The average molecular weight is 265 g/mol. The molecule has 0 aliphatic heterocycles. The van der Waals surface area contributed by atoms with Gasteiger partial charge in [-0.25, -0.2) is 4.79 Å². The summed E-state index contributed by atoms with van der Waals surface area (Å²) in [5.74, 6) is -1.46. The Morgan fingerprint density at radius 1 is 1.42 bits per heavy atom. The van der Waals surface area contributed by atoms with Crippen LogP contribution in [0, 0.1) is 0 Å². The fraction of sp³-hybridized carbons (Fsp3) is 0.615. The molecule has 19 heavy (non-hydrogen) atoms. The third-order valence-electron chi connectivity index (χ3n) is 3.42. The monoisotopic (exact) mass is 265 g/mol. The number of rotatable bonds is 4. The zero-order valence-electron chi connectivity index (χ0n) is 11.2. The summed E-state index contributed by atoms with van der Waals surface area (Å²) in [5, 5.41) is 16.1. The van der Waals surface area contributed by atoms with E-state index >= 15 is 0 Å². The maximum absolute atomic E-state index is 12.3. The number of aromatic nitrogens is 2. The van der Waals surface area contributed by atoms with Crippen molar-refractivity contribution in [2.45, 2.75) is 51.6 Å². The molecule has 0 radical (unpaired) electrons. The standard InChI is InChI=1S/C13H19N3O3/c1-8(2)16-11(10(7-14-16)13(18)19)12(17)15-9-5-3-4-6-9/h7-9H,3-6H2,1-2H3,(H,15,17)(H,18,19). The number of hydrogen-bond donors (Lipinski definition) is 2. The van der Waals surface area contributed by atoms with Gasteiger partial charge in [0.1, 0.15) is 11.3 Å². The minimum Gasteiger partial charge on any atom is -0.478 e. The number of amides is 1. The second-order valence-corrected chi connectivity index (χ2v) is 5.21. The van der Waals surface area contributed by atoms with Crippen LogP contribution in [0.3, 0.4) is 0 Å². The Morgan fingerprint density at radius 2 is 2.05 bits per heavy atom. The molecule has 1 aromatic rings. The van der Waals surface area contributed by atoms with Crippen molar-refractivity contribution in [3.05, 3.63) is 17.5 Å². The van der Waals surface area contributed by atoms with Gasteiger partial charge in [-0.15, -0.1) is 0 Å². The van der Waals surface area contributed by atoms with Crippen LogP contribution in [-0.2, 0) is 0 Å². The van der Waals surface area contributed by atoms with Crippen LogP contribution in [0.15, 0.2) is 6.20 Å². The normalized spacial score (nSPS) is 15.9. The van der Waals surface area contributed by atoms with Crippen LogP contribution in [0.4, 0.5) is 0 Å². The van der Waals surface area contributed by atoms with Gasteiger partial charge in [0.15, 0.2) is 0 Å². The predicted octanol–water partition coefficient (Wildman–Crippen LogP) is 1.83. The molecular formula is C13H19N3O3. The van der Waals surface area contributed by atoms with Gasteiger partial charge in [0.05, 0.1) is 6.20 Å². The van der Waals surface area contributed by atoms with E-state index in [1.807, 2.05) is 13.8 Å². The Balaban J connectivity index is 2.27. The molecule has 1 heterocycles. The second kappa shape index (κ2) is 5.42. The first-order valence-electron chi connectivity index (χ1n) is 6.62. The lowest BCUT2D eigenvalue weighted by molar-refractivity contribution is 0.0689. The highest BCUT2D eigenvalue weighted by atomic mass is 16.4. The summed E-state index contributed by atoms with van der Waals surface area (Å²) in [6.45, 7) is 3.73. The van der Waals surface area contributed by atoms with Crippen LogP contribution in [-0.4, -0.2) is 32.8 Å². The maximum atomic E-state index is 12.3. The molecule has 0 bridgehead atoms. The number of aromatic carboxylic acids is 1. The Morgan fingerprint density at radius 3 is 2.58 bits per heavy atom. The summed E-state index contributed by atoms with van der Waals surface area (Å²) in [7, 11) is 0. The van der Waals surface area contributed by atoms with E-state index in [1.54, 1.807) is 0 Å². The van der Waals surface area contributed by atoms with E-state index in [0.29, 0.717) is 0 Å². The number of carbonyl (C=O) groups excluding carboxylic acids is 1. The second-order valence-electron chi connectivity index (χ2n) is 5.21. The van der Waals surface area contributed by atoms with Gasteiger partial charge in [-0.3, -0.25) is 9.48 Å². The summed E-state index contributed by atoms with van der Waals surface area (Å²) < 4.78 is 1.47. The number of carboxylic acids is 1. The molecule has 1 fully saturated rings. The van der Waals surface area contributed by atoms with Crippen molar-refractivity contribution >= 4 is 11.9 Å². The van der Waals surface area contributed by atoms with Crippen molar-refractivity contribution in [2.24, 2.45) is 0 Å². The number of carbonyl (C=O) groups is 2. The SMILES string of the molecule is CC(C)n1ncc(C(=O)O)c1C(=O)NC1CCCC1. The van der Waals surface area contributed by atoms with Crippen LogP contribution in [0.25, 0.3) is 0 Å². The third-order valence-corrected chi connectivity index (χ3v) is 3.42. The fourth-order valence-corrected chi connectivity index (χ4v) is 2.46. The molecule has 2 N–H and O–H groups in total. The Kier molecular flexibility index (Phi) is 3.87. The molecule has 1 amide bonds. The summed E-state index contributed by atoms with van der Waals surface area (Å²) >= 11 is 0. The van der Waals surface area contributed by atoms with Crippen LogP contribution < -0.4 is 5.32 Å². The van der Waals surface area contributed by atoms with E-state index in [-0.39, 0.29) is 29.2 Å². The fourth-order valence-electron chi connectivity index (χ4n) is 2.46. The van der Waals surface area contributed by atoms with E-state index < -0.39 is 5.97 Å². The maximum Gasteiger partial charge on any atom is 0.339 e. The van der Waals surface area contributed by atoms with Gasteiger partial charge in [0.25, 0.3) is 5.91 Å². The highest BCUT2D eigenvalue weighted by molar-refractivity contribution is 6.03. The zero-order chi connectivity index (χ0) is 14.0. The van der Waals surface area contributed by atoms with Crippen molar-refractivity contribution in [3.63, 3.8) is 0 Å². The first kappa shape index (κ1) is 13.6. The average Bonchev–Trinajstić information content (AvgIpc) is 2.95. The Hall–Kier alpha value is -1.85. The molecule has 0 unspecified atom stereocenters. The molecular weight excluding hydrogens is 246 g/mol. The number of hydrogen-bond acceptors (Lipinski definition) is 3. The van der Waals surface area contributed by atoms with Crippen LogP contribution in [0.1, 0.15) is 66.4 Å². The van der Waals surface area contributed by atoms with Gasteiger partial charge >= 0.3 is 5.97 Å². The van der Waals surface area contributed by atoms with Crippen molar-refractivity contribution < 1.29 is 14.7 Å². The van der Waals surface area contributed by atoms with Gasteiger partial charge in [-0.1, -0.05) is 12.8 Å². The lowest BCUT2D eigenvalue weighted by Gasteiger charge is -2.15.